The van der Waals surface area contributed by atoms with Gasteiger partial charge in [-0.1, -0.05) is 0 Å². The number of phenols is 1. The van der Waals surface area contributed by atoms with Crippen LogP contribution in [0.1, 0.15) is 10.0 Å². The van der Waals surface area contributed by atoms with E-state index in [0.29, 0.717) is 25.8 Å². The van der Waals surface area contributed by atoms with Crippen LogP contribution in [0.2, 0.25) is 0 Å². The summed E-state index contributed by atoms with van der Waals surface area (Å²) in [6.07, 6.45) is 1.98. The van der Waals surface area contributed by atoms with E-state index >= 15 is 0 Å². The summed E-state index contributed by atoms with van der Waals surface area (Å²) >= 11 is 0.304. The molecule has 0 radical (unpaired) electrons. The zero-order chi connectivity index (χ0) is 17.4. The molecule has 0 unspecified atom stereocenters. The number of amides is 1. The van der Waals surface area contributed by atoms with Crippen molar-refractivity contribution in [1.82, 2.24) is 0 Å². The van der Waals surface area contributed by atoms with Crippen molar-refractivity contribution in [3.8, 4) is 22.6 Å². The molecule has 1 aromatic heterocycles. The molecule has 25 heavy (non-hydrogen) atoms. The summed E-state index contributed by atoms with van der Waals surface area (Å²) in [4.78, 5) is 14.5. The Morgan fingerprint density at radius 3 is 2.68 bits per heavy atom. The molecule has 0 spiro atoms. The average molecular weight is 396 g/mol. The number of rotatable bonds is 3. The molecule has 4 rings (SSSR count). The van der Waals surface area contributed by atoms with E-state index in [-0.39, 0.29) is 11.7 Å². The molecule has 0 bridgehead atoms. The number of anilines is 1. The van der Waals surface area contributed by atoms with Crippen LogP contribution in [0, 0.1) is 0 Å². The number of carbonyl (C=O) groups excluding carboxylic acids is 1. The fourth-order valence-electron chi connectivity index (χ4n) is 2.89. The molecule has 2 heterocycles. The molecule has 4 nitrogen and oxygen atoms in total. The fraction of sp³-hybridized carbons (Fsp3) is 0.0500. The number of fused-ring (bicyclic) bond motifs is 1. The van der Waals surface area contributed by atoms with Crippen molar-refractivity contribution < 1.29 is 14.6 Å². The van der Waals surface area contributed by atoms with Gasteiger partial charge in [0.1, 0.15) is 0 Å². The van der Waals surface area contributed by atoms with Gasteiger partial charge in [-0.15, -0.1) is 0 Å². The van der Waals surface area contributed by atoms with E-state index in [1.54, 1.807) is 12.1 Å². The molecule has 0 saturated heterocycles. The van der Waals surface area contributed by atoms with Crippen LogP contribution in [-0.4, -0.2) is 32.6 Å². The van der Waals surface area contributed by atoms with Crippen molar-refractivity contribution >= 4 is 37.7 Å². The molecule has 1 aliphatic rings. The second kappa shape index (κ2) is 6.28. The maximum atomic E-state index is 12.3. The first-order valence-electron chi connectivity index (χ1n) is 7.74. The Bertz CT molecular complexity index is 990. The van der Waals surface area contributed by atoms with E-state index in [1.807, 2.05) is 36.4 Å². The minimum absolute atomic E-state index is 0.0703. The summed E-state index contributed by atoms with van der Waals surface area (Å²) in [6, 6.07) is 15.2. The van der Waals surface area contributed by atoms with Crippen molar-refractivity contribution in [2.24, 2.45) is 0 Å². The molecule has 2 N–H and O–H groups in total. The molecule has 2 aromatic carbocycles. The Kier molecular flexibility index (Phi) is 3.96. The monoisotopic (exact) mass is 397 g/mol. The Hall–Kier alpha value is -2.75. The van der Waals surface area contributed by atoms with E-state index in [9.17, 15) is 9.90 Å². The molecule has 124 valence electrons. The molecule has 5 heteroatoms. The average Bonchev–Trinajstić information content (AvgIpc) is 3.23. The molecule has 0 fully saturated rings. The Morgan fingerprint density at radius 2 is 1.92 bits per heavy atom. The summed E-state index contributed by atoms with van der Waals surface area (Å²) < 4.78 is 6.36. The first-order valence-corrected chi connectivity index (χ1v) is 9.58. The second-order valence-electron chi connectivity index (χ2n) is 5.67. The van der Waals surface area contributed by atoms with Gasteiger partial charge in [-0.05, 0) is 0 Å². The van der Waals surface area contributed by atoms with Gasteiger partial charge in [0.05, 0.1) is 0 Å². The standard InChI is InChI=1S/C20H15NO3Se/c1-24-19-10-13(5-7-18(19)22)12-4-6-15-16(11-14-3-2-8-25-14)20(23)21-17(15)9-12/h2-11,22H,1H3,(H,21,23). The summed E-state index contributed by atoms with van der Waals surface area (Å²) in [5.41, 5.74) is 4.30. The quantitative estimate of drug-likeness (QED) is 0.525. The van der Waals surface area contributed by atoms with Crippen LogP contribution in [0.3, 0.4) is 0 Å². The normalized spacial score (nSPS) is 14.4. The minimum atomic E-state index is -0.0703. The van der Waals surface area contributed by atoms with Crippen LogP contribution in [0.5, 0.6) is 11.5 Å². The van der Waals surface area contributed by atoms with Crippen molar-refractivity contribution in [2.75, 3.05) is 12.4 Å². The number of phenolic OH excluding ortho intramolecular Hbond substituents is 1. The number of ether oxygens (including phenoxy) is 1. The van der Waals surface area contributed by atoms with Crippen molar-refractivity contribution in [2.45, 2.75) is 0 Å². The summed E-state index contributed by atoms with van der Waals surface area (Å²) in [5, 5.41) is 12.7. The van der Waals surface area contributed by atoms with Gasteiger partial charge in [0.2, 0.25) is 0 Å². The number of nitrogens with one attached hydrogen (secondary N) is 1. The van der Waals surface area contributed by atoms with Crippen molar-refractivity contribution in [3.63, 3.8) is 0 Å². The van der Waals surface area contributed by atoms with Gasteiger partial charge in [0.25, 0.3) is 0 Å². The number of aromatic hydroxyl groups is 1. The Labute approximate surface area is 151 Å². The first kappa shape index (κ1) is 15.8. The van der Waals surface area contributed by atoms with Gasteiger partial charge >= 0.3 is 151 Å². The van der Waals surface area contributed by atoms with Crippen LogP contribution in [0.15, 0.2) is 53.5 Å². The second-order valence-corrected chi connectivity index (χ2v) is 7.73. The molecule has 3 aromatic rings. The topological polar surface area (TPSA) is 58.6 Å². The van der Waals surface area contributed by atoms with E-state index in [0.717, 1.165) is 22.4 Å². The van der Waals surface area contributed by atoms with Crippen molar-refractivity contribution in [3.05, 3.63) is 63.5 Å². The van der Waals surface area contributed by atoms with Crippen LogP contribution >= 0.6 is 0 Å². The fourth-order valence-corrected chi connectivity index (χ4v) is 4.27. The number of hydrogen-bond acceptors (Lipinski definition) is 3. The van der Waals surface area contributed by atoms with Crippen LogP contribution < -0.4 is 10.1 Å². The summed E-state index contributed by atoms with van der Waals surface area (Å²) in [6.45, 7) is 0. The first-order chi connectivity index (χ1) is 12.2. The van der Waals surface area contributed by atoms with Gasteiger partial charge in [-0.2, -0.15) is 0 Å². The van der Waals surface area contributed by atoms with Gasteiger partial charge < -0.3 is 0 Å². The van der Waals surface area contributed by atoms with Gasteiger partial charge in [-0.25, -0.2) is 0 Å². The molecule has 1 amide bonds. The Balaban J connectivity index is 1.75. The van der Waals surface area contributed by atoms with E-state index in [1.165, 1.54) is 11.5 Å². The van der Waals surface area contributed by atoms with E-state index < -0.39 is 0 Å². The Morgan fingerprint density at radius 1 is 1.12 bits per heavy atom. The van der Waals surface area contributed by atoms with E-state index in [4.69, 9.17) is 4.74 Å². The molecule has 0 atom stereocenters. The third kappa shape index (κ3) is 2.88. The zero-order valence-corrected chi connectivity index (χ0v) is 15.2. The SMILES string of the molecule is COc1cc(-c2ccc3c(c2)NC(=O)C3=Cc2ccc[se]2)ccc1O. The van der Waals surface area contributed by atoms with Crippen LogP contribution in [0.25, 0.3) is 22.8 Å². The summed E-state index contributed by atoms with van der Waals surface area (Å²) in [5.74, 6) is 0.454. The predicted octanol–water partition coefficient (Wildman–Crippen LogP) is 3.62. The molecule has 0 aliphatic carbocycles. The number of carbonyl (C=O) groups is 1. The predicted molar refractivity (Wildman–Crippen MR) is 100.0 cm³/mol. The molecule has 0 saturated carbocycles. The summed E-state index contributed by atoms with van der Waals surface area (Å²) in [7, 11) is 1.52. The third-order valence-electron chi connectivity index (χ3n) is 4.15. The van der Waals surface area contributed by atoms with Gasteiger partial charge in [-0.3, -0.25) is 0 Å². The maximum absolute atomic E-state index is 12.3. The number of benzene rings is 2. The molecular weight excluding hydrogens is 381 g/mol. The third-order valence-corrected chi connectivity index (χ3v) is 5.86. The van der Waals surface area contributed by atoms with Gasteiger partial charge in [0.15, 0.2) is 0 Å². The number of hydrogen-bond donors (Lipinski definition) is 2. The number of methoxy groups -OCH3 is 1. The van der Waals surface area contributed by atoms with Crippen LogP contribution in [-0.2, 0) is 4.79 Å². The zero-order valence-electron chi connectivity index (χ0n) is 13.4. The molecule has 1 aliphatic heterocycles. The van der Waals surface area contributed by atoms with Crippen molar-refractivity contribution in [1.29, 1.82) is 0 Å². The van der Waals surface area contributed by atoms with Crippen LogP contribution in [0.4, 0.5) is 5.69 Å². The molecular formula is C20H15NO3Se. The van der Waals surface area contributed by atoms with E-state index in [2.05, 4.69) is 16.3 Å². The van der Waals surface area contributed by atoms with Gasteiger partial charge in [0, 0.05) is 0 Å².